The molecule has 2 aliphatic heterocycles. The summed E-state index contributed by atoms with van der Waals surface area (Å²) in [4.78, 5) is 31.1. The first-order valence-corrected chi connectivity index (χ1v) is 11.6. The molecule has 0 atom stereocenters. The van der Waals surface area contributed by atoms with Gasteiger partial charge in [-0.25, -0.2) is 9.20 Å². The number of carbonyl (C=O) groups excluding carboxylic acids is 1. The highest BCUT2D eigenvalue weighted by Crippen LogP contribution is 2.23. The van der Waals surface area contributed by atoms with E-state index < -0.39 is 0 Å². The summed E-state index contributed by atoms with van der Waals surface area (Å²) in [6, 6.07) is 6.28. The zero-order chi connectivity index (χ0) is 20.5. The van der Waals surface area contributed by atoms with Crippen LogP contribution in [-0.2, 0) is 11.3 Å². The Labute approximate surface area is 178 Å². The molecule has 0 aliphatic carbocycles. The van der Waals surface area contributed by atoms with E-state index in [0.717, 1.165) is 36.5 Å². The van der Waals surface area contributed by atoms with E-state index in [1.54, 1.807) is 17.4 Å². The molecule has 3 aromatic rings. The Morgan fingerprint density at radius 2 is 1.93 bits per heavy atom. The first-order valence-electron chi connectivity index (χ1n) is 10.7. The maximum absolute atomic E-state index is 12.9. The van der Waals surface area contributed by atoms with E-state index >= 15 is 0 Å². The maximum Gasteiger partial charge on any atom is 0.293 e. The van der Waals surface area contributed by atoms with Gasteiger partial charge in [-0.05, 0) is 56.3 Å². The monoisotopic (exact) mass is 426 g/mol. The standard InChI is InChI=1S/C21H26N6O2S/c28-20(25-10-6-16(7-11-25)24-8-2-1-3-9-24)14-26-21(29)18-13-17(19-5-4-12-30-19)23-27(18)15-22-26/h4-5,12-13,15-16H,1-3,6-11,14H2. The number of likely N-dealkylation sites (tertiary alicyclic amines) is 2. The molecule has 2 fully saturated rings. The summed E-state index contributed by atoms with van der Waals surface area (Å²) < 4.78 is 2.75. The van der Waals surface area contributed by atoms with Crippen LogP contribution in [0.15, 0.2) is 34.7 Å². The van der Waals surface area contributed by atoms with Crippen molar-refractivity contribution in [1.29, 1.82) is 0 Å². The molecule has 2 saturated heterocycles. The van der Waals surface area contributed by atoms with E-state index in [-0.39, 0.29) is 18.0 Å². The third-order valence-corrected chi connectivity index (χ3v) is 7.16. The second-order valence-corrected chi connectivity index (χ2v) is 9.09. The van der Waals surface area contributed by atoms with Crippen LogP contribution in [0.2, 0.25) is 0 Å². The first-order chi connectivity index (χ1) is 14.7. The minimum Gasteiger partial charge on any atom is -0.341 e. The highest BCUT2D eigenvalue weighted by molar-refractivity contribution is 7.13. The molecular weight excluding hydrogens is 400 g/mol. The lowest BCUT2D eigenvalue weighted by molar-refractivity contribution is -0.133. The number of hydrogen-bond donors (Lipinski definition) is 0. The molecule has 0 radical (unpaired) electrons. The van der Waals surface area contributed by atoms with Crippen LogP contribution in [0.25, 0.3) is 16.1 Å². The average molecular weight is 427 g/mol. The molecule has 2 aliphatic rings. The predicted molar refractivity (Wildman–Crippen MR) is 116 cm³/mol. The number of nitrogens with zero attached hydrogens (tertiary/aromatic N) is 6. The number of thiophene rings is 1. The van der Waals surface area contributed by atoms with Crippen molar-refractivity contribution in [2.24, 2.45) is 0 Å². The number of piperidine rings is 2. The summed E-state index contributed by atoms with van der Waals surface area (Å²) in [5, 5.41) is 10.6. The molecule has 3 aromatic heterocycles. The number of fused-ring (bicyclic) bond motifs is 1. The van der Waals surface area contributed by atoms with Gasteiger partial charge in [0.05, 0.1) is 4.88 Å². The second-order valence-electron chi connectivity index (χ2n) is 8.14. The van der Waals surface area contributed by atoms with Crippen molar-refractivity contribution < 1.29 is 4.79 Å². The van der Waals surface area contributed by atoms with Gasteiger partial charge in [0, 0.05) is 19.1 Å². The largest absolute Gasteiger partial charge is 0.341 e. The quantitative estimate of drug-likeness (QED) is 0.639. The number of aromatic nitrogens is 4. The molecule has 8 nitrogen and oxygen atoms in total. The SMILES string of the molecule is O=C(Cn1ncn2nc(-c3cccs3)cc2c1=O)N1CCC(N2CCCCC2)CC1. The maximum atomic E-state index is 12.9. The van der Waals surface area contributed by atoms with Gasteiger partial charge in [-0.1, -0.05) is 12.5 Å². The van der Waals surface area contributed by atoms with Crippen molar-refractivity contribution in [2.45, 2.75) is 44.7 Å². The zero-order valence-corrected chi connectivity index (χ0v) is 17.8. The zero-order valence-electron chi connectivity index (χ0n) is 16.9. The minimum atomic E-state index is -0.288. The van der Waals surface area contributed by atoms with Crippen molar-refractivity contribution in [3.8, 4) is 10.6 Å². The summed E-state index contributed by atoms with van der Waals surface area (Å²) in [5.41, 5.74) is 0.891. The van der Waals surface area contributed by atoms with Gasteiger partial charge in [-0.2, -0.15) is 10.2 Å². The van der Waals surface area contributed by atoms with Gasteiger partial charge in [0.15, 0.2) is 0 Å². The van der Waals surface area contributed by atoms with E-state index in [0.29, 0.717) is 11.6 Å². The smallest absolute Gasteiger partial charge is 0.293 e. The Morgan fingerprint density at radius 3 is 2.67 bits per heavy atom. The van der Waals surface area contributed by atoms with E-state index in [1.165, 1.54) is 47.9 Å². The molecule has 5 heterocycles. The predicted octanol–water partition coefficient (Wildman–Crippen LogP) is 2.10. The third-order valence-electron chi connectivity index (χ3n) is 6.27. The number of amides is 1. The normalized spacial score (nSPS) is 18.9. The van der Waals surface area contributed by atoms with E-state index in [4.69, 9.17) is 0 Å². The Hall–Kier alpha value is -2.52. The molecule has 158 valence electrons. The summed E-state index contributed by atoms with van der Waals surface area (Å²) in [5.74, 6) is -0.0379. The van der Waals surface area contributed by atoms with Crippen LogP contribution in [0.1, 0.15) is 32.1 Å². The number of rotatable bonds is 4. The van der Waals surface area contributed by atoms with E-state index in [9.17, 15) is 9.59 Å². The molecule has 0 unspecified atom stereocenters. The van der Waals surface area contributed by atoms with Crippen LogP contribution < -0.4 is 5.56 Å². The fourth-order valence-electron chi connectivity index (χ4n) is 4.59. The van der Waals surface area contributed by atoms with Crippen molar-refractivity contribution in [2.75, 3.05) is 26.2 Å². The number of carbonyl (C=O) groups is 1. The van der Waals surface area contributed by atoms with Gasteiger partial charge in [0.25, 0.3) is 5.56 Å². The molecule has 0 aromatic carbocycles. The topological polar surface area (TPSA) is 75.7 Å². The lowest BCUT2D eigenvalue weighted by Crippen LogP contribution is -2.49. The molecule has 9 heteroatoms. The molecule has 0 saturated carbocycles. The Balaban J connectivity index is 1.26. The molecule has 30 heavy (non-hydrogen) atoms. The Bertz CT molecular complexity index is 1070. The van der Waals surface area contributed by atoms with Gasteiger partial charge in [0.1, 0.15) is 24.1 Å². The molecule has 0 N–H and O–H groups in total. The van der Waals surface area contributed by atoms with Crippen LogP contribution in [0, 0.1) is 0 Å². The van der Waals surface area contributed by atoms with Gasteiger partial charge in [-0.3, -0.25) is 9.59 Å². The van der Waals surface area contributed by atoms with Crippen molar-refractivity contribution in [3.05, 3.63) is 40.3 Å². The fourth-order valence-corrected chi connectivity index (χ4v) is 5.27. The highest BCUT2D eigenvalue weighted by atomic mass is 32.1. The van der Waals surface area contributed by atoms with E-state index in [2.05, 4.69) is 15.1 Å². The number of hydrogen-bond acceptors (Lipinski definition) is 6. The lowest BCUT2D eigenvalue weighted by atomic mass is 10.00. The van der Waals surface area contributed by atoms with Crippen LogP contribution >= 0.6 is 11.3 Å². The van der Waals surface area contributed by atoms with Crippen LogP contribution in [0.4, 0.5) is 0 Å². The van der Waals surface area contributed by atoms with Crippen LogP contribution in [-0.4, -0.2) is 67.3 Å². The fraction of sp³-hybridized carbons (Fsp3) is 0.524. The Kier molecular flexibility index (Phi) is 5.39. The summed E-state index contributed by atoms with van der Waals surface area (Å²) in [6.45, 7) is 3.87. The van der Waals surface area contributed by atoms with Gasteiger partial charge < -0.3 is 9.80 Å². The average Bonchev–Trinajstić information content (AvgIpc) is 3.46. The Morgan fingerprint density at radius 1 is 1.13 bits per heavy atom. The molecule has 0 bridgehead atoms. The first kappa shape index (κ1) is 19.4. The lowest BCUT2D eigenvalue weighted by Gasteiger charge is -2.40. The summed E-state index contributed by atoms with van der Waals surface area (Å²) >= 11 is 1.57. The van der Waals surface area contributed by atoms with Crippen LogP contribution in [0.5, 0.6) is 0 Å². The van der Waals surface area contributed by atoms with Crippen molar-refractivity contribution in [1.82, 2.24) is 29.2 Å². The summed E-state index contributed by atoms with van der Waals surface area (Å²) in [7, 11) is 0. The van der Waals surface area contributed by atoms with Crippen LogP contribution in [0.3, 0.4) is 0 Å². The molecule has 1 amide bonds. The van der Waals surface area contributed by atoms with Gasteiger partial charge >= 0.3 is 0 Å². The van der Waals surface area contributed by atoms with E-state index in [1.807, 2.05) is 22.4 Å². The van der Waals surface area contributed by atoms with Crippen molar-refractivity contribution >= 4 is 22.8 Å². The second kappa shape index (κ2) is 8.31. The molecule has 0 spiro atoms. The summed E-state index contributed by atoms with van der Waals surface area (Å²) in [6.07, 6.45) is 7.45. The molecular formula is C21H26N6O2S. The highest BCUT2D eigenvalue weighted by Gasteiger charge is 2.28. The van der Waals surface area contributed by atoms with Crippen molar-refractivity contribution in [3.63, 3.8) is 0 Å². The molecule has 5 rings (SSSR count). The van der Waals surface area contributed by atoms with Gasteiger partial charge in [0.2, 0.25) is 5.91 Å². The van der Waals surface area contributed by atoms with Gasteiger partial charge in [-0.15, -0.1) is 11.3 Å². The minimum absolute atomic E-state index is 0.0246. The third kappa shape index (κ3) is 3.79.